The first-order chi connectivity index (χ1) is 12.1. The average Bonchev–Trinajstić information content (AvgIpc) is 3.32. The predicted molar refractivity (Wildman–Crippen MR) is 103 cm³/mol. The van der Waals surface area contributed by atoms with Crippen molar-refractivity contribution in [3.63, 3.8) is 0 Å². The van der Waals surface area contributed by atoms with Crippen LogP contribution in [0.5, 0.6) is 0 Å². The van der Waals surface area contributed by atoms with Crippen LogP contribution in [0.2, 0.25) is 4.34 Å². The highest BCUT2D eigenvalue weighted by molar-refractivity contribution is 7.20. The fraction of sp³-hybridized carbons (Fsp3) is 0.0667. The van der Waals surface area contributed by atoms with Crippen molar-refractivity contribution in [2.45, 2.75) is 0 Å². The van der Waals surface area contributed by atoms with Gasteiger partial charge in [0.15, 0.2) is 5.13 Å². The lowest BCUT2D eigenvalue weighted by Crippen LogP contribution is -2.12. The van der Waals surface area contributed by atoms with Gasteiger partial charge in [0.1, 0.15) is 10.7 Å². The van der Waals surface area contributed by atoms with Crippen molar-refractivity contribution in [2.24, 2.45) is 7.05 Å². The minimum absolute atomic E-state index is 0.281. The number of halogens is 1. The summed E-state index contributed by atoms with van der Waals surface area (Å²) in [5.41, 5.74) is 2.05. The van der Waals surface area contributed by atoms with E-state index in [9.17, 15) is 4.79 Å². The molecule has 0 bridgehead atoms. The topological polar surface area (TPSA) is 72.7 Å². The number of aromatic nitrogens is 4. The average molecular weight is 408 g/mol. The van der Waals surface area contributed by atoms with Crippen molar-refractivity contribution in [2.75, 3.05) is 5.32 Å². The fourth-order valence-electron chi connectivity index (χ4n) is 2.10. The highest BCUT2D eigenvalue weighted by atomic mass is 35.5. The minimum atomic E-state index is -0.281. The molecule has 4 aromatic heterocycles. The maximum absolute atomic E-state index is 12.4. The third-order valence-corrected chi connectivity index (χ3v) is 6.14. The lowest BCUT2D eigenvalue weighted by molar-refractivity contribution is 0.102. The SMILES string of the molecule is Cn1cc(-c2nc(C(=O)Nc3nc(-c4ccc(Cl)s4)cs3)cs2)cn1. The first-order valence-electron chi connectivity index (χ1n) is 7.05. The molecule has 4 heterocycles. The summed E-state index contributed by atoms with van der Waals surface area (Å²) in [6.45, 7) is 0. The summed E-state index contributed by atoms with van der Waals surface area (Å²) in [4.78, 5) is 22.1. The molecule has 4 aromatic rings. The van der Waals surface area contributed by atoms with Crippen LogP contribution in [0.3, 0.4) is 0 Å². The minimum Gasteiger partial charge on any atom is -0.296 e. The van der Waals surface area contributed by atoms with Crippen LogP contribution in [0.15, 0.2) is 35.3 Å². The van der Waals surface area contributed by atoms with Gasteiger partial charge in [0.25, 0.3) is 5.91 Å². The second-order valence-corrected chi connectivity index (χ2v) is 8.47. The lowest BCUT2D eigenvalue weighted by Gasteiger charge is -1.97. The molecule has 0 radical (unpaired) electrons. The Bertz CT molecular complexity index is 1050. The molecule has 6 nitrogen and oxygen atoms in total. The van der Waals surface area contributed by atoms with Gasteiger partial charge in [-0.2, -0.15) is 5.10 Å². The Labute approximate surface area is 159 Å². The van der Waals surface area contributed by atoms with E-state index < -0.39 is 0 Å². The van der Waals surface area contributed by atoms with Crippen molar-refractivity contribution in [3.05, 3.63) is 45.3 Å². The van der Waals surface area contributed by atoms with E-state index in [-0.39, 0.29) is 5.91 Å². The number of thiazole rings is 2. The molecule has 0 unspecified atom stereocenters. The quantitative estimate of drug-likeness (QED) is 0.535. The number of aryl methyl sites for hydroxylation is 1. The van der Waals surface area contributed by atoms with E-state index in [0.29, 0.717) is 15.2 Å². The van der Waals surface area contributed by atoms with E-state index in [4.69, 9.17) is 11.6 Å². The Morgan fingerprint density at radius 1 is 1.24 bits per heavy atom. The molecule has 1 amide bonds. The predicted octanol–water partition coefficient (Wildman–Crippen LogP) is 4.63. The summed E-state index contributed by atoms with van der Waals surface area (Å²) in [5.74, 6) is -0.281. The molecule has 0 aliphatic heterocycles. The van der Waals surface area contributed by atoms with Crippen molar-refractivity contribution in [3.8, 4) is 21.1 Å². The van der Waals surface area contributed by atoms with Crippen LogP contribution in [0.25, 0.3) is 21.1 Å². The number of nitrogens with one attached hydrogen (secondary N) is 1. The number of rotatable bonds is 4. The highest BCUT2D eigenvalue weighted by Gasteiger charge is 2.15. The smallest absolute Gasteiger partial charge is 0.276 e. The zero-order chi connectivity index (χ0) is 17.4. The Kier molecular flexibility index (Phi) is 4.38. The molecule has 0 aliphatic rings. The van der Waals surface area contributed by atoms with Crippen LogP contribution in [0.1, 0.15) is 10.5 Å². The number of thiophene rings is 1. The first kappa shape index (κ1) is 16.4. The molecule has 10 heteroatoms. The zero-order valence-electron chi connectivity index (χ0n) is 12.8. The molecule has 0 saturated carbocycles. The van der Waals surface area contributed by atoms with Gasteiger partial charge in [-0.05, 0) is 12.1 Å². The number of hydrogen-bond donors (Lipinski definition) is 1. The number of nitrogens with zero attached hydrogens (tertiary/aromatic N) is 4. The van der Waals surface area contributed by atoms with Gasteiger partial charge in [-0.1, -0.05) is 11.6 Å². The molecule has 0 aliphatic carbocycles. The van der Waals surface area contributed by atoms with Crippen LogP contribution in [0, 0.1) is 0 Å². The third-order valence-electron chi connectivity index (χ3n) is 3.24. The molecule has 0 spiro atoms. The second-order valence-electron chi connectivity index (χ2n) is 5.04. The van der Waals surface area contributed by atoms with E-state index in [1.807, 2.05) is 30.8 Å². The summed E-state index contributed by atoms with van der Waals surface area (Å²) >= 11 is 10.2. The highest BCUT2D eigenvalue weighted by Crippen LogP contribution is 2.33. The molecule has 0 fully saturated rings. The molecular weight excluding hydrogens is 398 g/mol. The number of carbonyl (C=O) groups is 1. The monoisotopic (exact) mass is 407 g/mol. The molecular formula is C15H10ClN5OS3. The van der Waals surface area contributed by atoms with Gasteiger partial charge in [-0.3, -0.25) is 14.8 Å². The Hall–Kier alpha value is -2.07. The van der Waals surface area contributed by atoms with Crippen LogP contribution in [-0.2, 0) is 7.05 Å². The van der Waals surface area contributed by atoms with E-state index in [1.54, 1.807) is 16.3 Å². The van der Waals surface area contributed by atoms with Crippen molar-refractivity contribution in [1.82, 2.24) is 19.7 Å². The van der Waals surface area contributed by atoms with Gasteiger partial charge in [0, 0.05) is 29.6 Å². The summed E-state index contributed by atoms with van der Waals surface area (Å²) in [5, 5.41) is 11.8. The van der Waals surface area contributed by atoms with Gasteiger partial charge >= 0.3 is 0 Å². The van der Waals surface area contributed by atoms with Crippen molar-refractivity contribution >= 4 is 56.7 Å². The van der Waals surface area contributed by atoms with Crippen LogP contribution in [0.4, 0.5) is 5.13 Å². The van der Waals surface area contributed by atoms with Gasteiger partial charge in [0.2, 0.25) is 0 Å². The molecule has 4 rings (SSSR count). The summed E-state index contributed by atoms with van der Waals surface area (Å²) in [6.07, 6.45) is 3.58. The van der Waals surface area contributed by atoms with Crippen molar-refractivity contribution < 1.29 is 4.79 Å². The second kappa shape index (κ2) is 6.68. The Morgan fingerprint density at radius 2 is 2.12 bits per heavy atom. The summed E-state index contributed by atoms with van der Waals surface area (Å²) in [7, 11) is 1.84. The standard InChI is InChI=1S/C15H10ClN5OS3/c1-21-5-8(4-17-21)14-18-10(7-23-14)13(22)20-15-19-9(6-24-15)11-2-3-12(16)25-11/h2-7H,1H3,(H,19,20,22). The largest absolute Gasteiger partial charge is 0.296 e. The molecule has 0 saturated heterocycles. The Morgan fingerprint density at radius 3 is 2.84 bits per heavy atom. The summed E-state index contributed by atoms with van der Waals surface area (Å²) in [6, 6.07) is 3.74. The normalized spacial score (nSPS) is 11.0. The van der Waals surface area contributed by atoms with Gasteiger partial charge in [0.05, 0.1) is 21.1 Å². The third kappa shape index (κ3) is 3.49. The van der Waals surface area contributed by atoms with Crippen molar-refractivity contribution in [1.29, 1.82) is 0 Å². The number of anilines is 1. The van der Waals surface area contributed by atoms with Gasteiger partial charge in [-0.15, -0.1) is 34.0 Å². The molecule has 25 heavy (non-hydrogen) atoms. The zero-order valence-corrected chi connectivity index (χ0v) is 16.0. The van der Waals surface area contributed by atoms with Crippen LogP contribution >= 0.6 is 45.6 Å². The number of amides is 1. The van der Waals surface area contributed by atoms with E-state index in [2.05, 4.69) is 20.4 Å². The molecule has 0 atom stereocenters. The van der Waals surface area contributed by atoms with E-state index in [0.717, 1.165) is 21.1 Å². The fourth-order valence-corrected chi connectivity index (χ4v) is 4.66. The lowest BCUT2D eigenvalue weighted by atomic mass is 10.4. The van der Waals surface area contributed by atoms with E-state index >= 15 is 0 Å². The maximum atomic E-state index is 12.4. The first-order valence-corrected chi connectivity index (χ1v) is 10.0. The van der Waals surface area contributed by atoms with Gasteiger partial charge < -0.3 is 0 Å². The molecule has 126 valence electrons. The number of carbonyl (C=O) groups excluding carboxylic acids is 1. The summed E-state index contributed by atoms with van der Waals surface area (Å²) < 4.78 is 2.41. The Balaban J connectivity index is 1.49. The molecule has 0 aromatic carbocycles. The van der Waals surface area contributed by atoms with E-state index in [1.165, 1.54) is 34.0 Å². The maximum Gasteiger partial charge on any atom is 0.276 e. The van der Waals surface area contributed by atoms with Crippen LogP contribution in [-0.4, -0.2) is 25.7 Å². The van der Waals surface area contributed by atoms with Gasteiger partial charge in [-0.25, -0.2) is 9.97 Å². The van der Waals surface area contributed by atoms with Crippen LogP contribution < -0.4 is 5.32 Å². The molecule has 1 N–H and O–H groups in total. The number of hydrogen-bond acceptors (Lipinski definition) is 7.